The standard InChI is InChI=1S/C23H21ClN6O3.C11H13F3N2/c1-27-8-10-28(11-9-27)14-19-23(31)29-20-7-6-15(30(32)33)12-17(20)22(25-13-21(29)26-19)16-4-2-3-5-18(16)24;1-5-7(12)9(14)11-10(8(5)13)15(3)6(2)16(11)4/h2-7,12,14H,8-11,13H2,1H3;6H,1-4H3/b19-14-;. The minimum absolute atomic E-state index is 0.00407. The SMILES string of the molecule is CN1CCN(/C=C2\N=C3CN=C(c4ccccc4Cl)c4cc([N+](=O)[O-])ccc4N3C2=O)CC1.Cc1c(F)c(F)c2c(c1F)N(C)C(C)N2C. The largest absolute Gasteiger partial charge is 0.373 e. The van der Waals surface area contributed by atoms with Crippen molar-refractivity contribution < 1.29 is 22.9 Å². The summed E-state index contributed by atoms with van der Waals surface area (Å²) in [6.07, 6.45) is 1.61. The van der Waals surface area contributed by atoms with Gasteiger partial charge in [-0.05, 0) is 33.0 Å². The summed E-state index contributed by atoms with van der Waals surface area (Å²) in [5, 5.41) is 12.0. The van der Waals surface area contributed by atoms with Crippen LogP contribution in [0.4, 0.5) is 35.9 Å². The first kappa shape index (κ1) is 33.9. The number of likely N-dealkylation sites (N-methyl/N-ethyl adjacent to an activating group) is 1. The van der Waals surface area contributed by atoms with Gasteiger partial charge in [-0.15, -0.1) is 0 Å². The first-order chi connectivity index (χ1) is 23.3. The molecule has 0 radical (unpaired) electrons. The Morgan fingerprint density at radius 1 is 0.939 bits per heavy atom. The van der Waals surface area contributed by atoms with Gasteiger partial charge in [-0.2, -0.15) is 0 Å². The van der Waals surface area contributed by atoms with Crippen LogP contribution in [0.15, 0.2) is 64.3 Å². The summed E-state index contributed by atoms with van der Waals surface area (Å²) >= 11 is 6.43. The number of anilines is 3. The Hall–Kier alpha value is -4.95. The van der Waals surface area contributed by atoms with Crippen LogP contribution in [0.2, 0.25) is 5.02 Å². The van der Waals surface area contributed by atoms with Crippen LogP contribution in [0.5, 0.6) is 0 Å². The summed E-state index contributed by atoms with van der Waals surface area (Å²) in [4.78, 5) is 42.7. The fourth-order valence-electron chi connectivity index (χ4n) is 6.20. The number of hydrogen-bond donors (Lipinski definition) is 0. The number of non-ortho nitro benzene ring substituents is 1. The number of nitro groups is 1. The molecule has 4 aliphatic rings. The average molecular weight is 695 g/mol. The van der Waals surface area contributed by atoms with Crippen LogP contribution >= 0.6 is 11.6 Å². The topological polar surface area (TPSA) is 101 Å². The maximum absolute atomic E-state index is 13.9. The van der Waals surface area contributed by atoms with Gasteiger partial charge < -0.3 is 19.6 Å². The van der Waals surface area contributed by atoms with E-state index in [9.17, 15) is 28.1 Å². The highest BCUT2D eigenvalue weighted by Crippen LogP contribution is 2.44. The lowest BCUT2D eigenvalue weighted by atomic mass is 9.99. The first-order valence-electron chi connectivity index (χ1n) is 15.6. The summed E-state index contributed by atoms with van der Waals surface area (Å²) in [6.45, 7) is 6.64. The molecular weight excluding hydrogens is 661 g/mol. The Bertz CT molecular complexity index is 1920. The fraction of sp³-hybridized carbons (Fsp3) is 0.324. The zero-order valence-electron chi connectivity index (χ0n) is 27.5. The quantitative estimate of drug-likeness (QED) is 0.153. The van der Waals surface area contributed by atoms with E-state index in [-0.39, 0.29) is 41.2 Å². The minimum Gasteiger partial charge on any atom is -0.373 e. The second kappa shape index (κ2) is 13.2. The molecule has 3 aromatic rings. The molecular formula is C34H34ClF3N8O3. The Kier molecular flexibility index (Phi) is 9.11. The van der Waals surface area contributed by atoms with Gasteiger partial charge in [0.2, 0.25) is 0 Å². The zero-order valence-corrected chi connectivity index (χ0v) is 28.3. The summed E-state index contributed by atoms with van der Waals surface area (Å²) < 4.78 is 41.0. The third kappa shape index (κ3) is 5.99. The molecule has 0 saturated carbocycles. The van der Waals surface area contributed by atoms with Crippen molar-refractivity contribution in [1.29, 1.82) is 0 Å². The lowest BCUT2D eigenvalue weighted by Crippen LogP contribution is -2.42. The molecule has 11 nitrogen and oxygen atoms in total. The summed E-state index contributed by atoms with van der Waals surface area (Å²) in [6, 6.07) is 11.6. The third-order valence-electron chi connectivity index (χ3n) is 9.28. The minimum atomic E-state index is -1.11. The number of rotatable bonds is 3. The van der Waals surface area contributed by atoms with Crippen molar-refractivity contribution in [1.82, 2.24) is 9.80 Å². The molecule has 49 heavy (non-hydrogen) atoms. The second-order valence-electron chi connectivity index (χ2n) is 12.2. The monoisotopic (exact) mass is 694 g/mol. The third-order valence-corrected chi connectivity index (χ3v) is 9.61. The molecule has 0 aliphatic carbocycles. The highest BCUT2D eigenvalue weighted by molar-refractivity contribution is 6.37. The van der Waals surface area contributed by atoms with E-state index in [1.807, 2.05) is 12.1 Å². The Morgan fingerprint density at radius 3 is 2.24 bits per heavy atom. The second-order valence-corrected chi connectivity index (χ2v) is 12.7. The summed E-state index contributed by atoms with van der Waals surface area (Å²) in [5.41, 5.74) is 2.22. The van der Waals surface area contributed by atoms with E-state index in [0.717, 1.165) is 26.2 Å². The number of halogens is 4. The first-order valence-corrected chi connectivity index (χ1v) is 15.9. The molecule has 7 rings (SSSR count). The van der Waals surface area contributed by atoms with Gasteiger partial charge in [0.05, 0.1) is 29.0 Å². The molecule has 3 aromatic carbocycles. The molecule has 1 unspecified atom stereocenters. The van der Waals surface area contributed by atoms with E-state index in [1.54, 1.807) is 50.3 Å². The van der Waals surface area contributed by atoms with Gasteiger partial charge in [0.15, 0.2) is 17.5 Å². The van der Waals surface area contributed by atoms with Gasteiger partial charge in [-0.1, -0.05) is 29.8 Å². The van der Waals surface area contributed by atoms with E-state index < -0.39 is 22.4 Å². The van der Waals surface area contributed by atoms with Crippen LogP contribution < -0.4 is 14.7 Å². The Balaban J connectivity index is 0.000000218. The predicted octanol–water partition coefficient (Wildman–Crippen LogP) is 5.58. The van der Waals surface area contributed by atoms with Crippen molar-refractivity contribution in [2.75, 3.05) is 68.6 Å². The number of hydrogen-bond acceptors (Lipinski definition) is 9. The molecule has 0 bridgehead atoms. The number of piperazine rings is 1. The predicted molar refractivity (Wildman–Crippen MR) is 184 cm³/mol. The highest BCUT2D eigenvalue weighted by Gasteiger charge is 2.38. The number of carbonyl (C=O) groups is 1. The number of amidine groups is 1. The van der Waals surface area contributed by atoms with Crippen LogP contribution in [0, 0.1) is 34.5 Å². The van der Waals surface area contributed by atoms with E-state index in [2.05, 4.69) is 21.8 Å². The summed E-state index contributed by atoms with van der Waals surface area (Å²) in [5.74, 6) is -2.56. The van der Waals surface area contributed by atoms with Gasteiger partial charge in [0.1, 0.15) is 22.9 Å². The van der Waals surface area contributed by atoms with Crippen molar-refractivity contribution >= 4 is 51.8 Å². The van der Waals surface area contributed by atoms with Crippen LogP contribution in [-0.2, 0) is 4.79 Å². The van der Waals surface area contributed by atoms with Crippen LogP contribution in [0.1, 0.15) is 23.6 Å². The van der Waals surface area contributed by atoms with Crippen LogP contribution in [0.25, 0.3) is 0 Å². The number of fused-ring (bicyclic) bond motifs is 4. The number of amides is 1. The number of nitro benzene ring substituents is 1. The molecule has 1 amide bonds. The van der Waals surface area contributed by atoms with Crippen molar-refractivity contribution in [3.8, 4) is 0 Å². The van der Waals surface area contributed by atoms with E-state index in [0.29, 0.717) is 39.1 Å². The maximum Gasteiger partial charge on any atom is 0.284 e. The fourth-order valence-corrected chi connectivity index (χ4v) is 6.42. The maximum atomic E-state index is 13.9. The van der Waals surface area contributed by atoms with Crippen molar-refractivity contribution in [2.24, 2.45) is 9.98 Å². The van der Waals surface area contributed by atoms with Crippen molar-refractivity contribution in [3.05, 3.63) is 104 Å². The molecule has 256 valence electrons. The Morgan fingerprint density at radius 2 is 1.59 bits per heavy atom. The lowest BCUT2D eigenvalue weighted by Gasteiger charge is -2.31. The van der Waals surface area contributed by atoms with Crippen molar-refractivity contribution in [3.63, 3.8) is 0 Å². The molecule has 15 heteroatoms. The Labute approximate surface area is 286 Å². The molecule has 4 aliphatic heterocycles. The molecule has 1 fully saturated rings. The number of carbonyl (C=O) groups excluding carboxylic acids is 1. The van der Waals surface area contributed by atoms with Crippen molar-refractivity contribution in [2.45, 2.75) is 20.0 Å². The smallest absolute Gasteiger partial charge is 0.284 e. The highest BCUT2D eigenvalue weighted by atomic mass is 35.5. The van der Waals surface area contributed by atoms with Crippen LogP contribution in [-0.4, -0.2) is 92.2 Å². The average Bonchev–Trinajstić information content (AvgIpc) is 3.44. The molecule has 1 saturated heterocycles. The molecule has 0 aromatic heterocycles. The van der Waals surface area contributed by atoms with Crippen LogP contribution in [0.3, 0.4) is 0 Å². The normalized spacial score (nSPS) is 19.6. The summed E-state index contributed by atoms with van der Waals surface area (Å²) in [7, 11) is 5.34. The van der Waals surface area contributed by atoms with E-state index in [1.165, 1.54) is 28.9 Å². The number of aliphatic imine (C=N–C) groups is 2. The van der Waals surface area contributed by atoms with Gasteiger partial charge >= 0.3 is 0 Å². The number of benzene rings is 3. The zero-order chi connectivity index (χ0) is 35.3. The van der Waals surface area contributed by atoms with Gasteiger partial charge in [0, 0.05) is 80.3 Å². The molecule has 0 spiro atoms. The van der Waals surface area contributed by atoms with E-state index >= 15 is 0 Å². The van der Waals surface area contributed by atoms with Gasteiger partial charge in [0.25, 0.3) is 11.6 Å². The van der Waals surface area contributed by atoms with E-state index in [4.69, 9.17) is 16.6 Å². The van der Waals surface area contributed by atoms with Gasteiger partial charge in [-0.25, -0.2) is 18.2 Å². The molecule has 0 N–H and O–H groups in total. The molecule has 1 atom stereocenters. The number of nitrogens with zero attached hydrogens (tertiary/aromatic N) is 8. The van der Waals surface area contributed by atoms with Gasteiger partial charge in [-0.3, -0.25) is 24.8 Å². The lowest BCUT2D eigenvalue weighted by molar-refractivity contribution is -0.384. The molecule has 4 heterocycles.